The molecule has 1 saturated heterocycles. The first-order valence-electron chi connectivity index (χ1n) is 18.7. The van der Waals surface area contributed by atoms with E-state index in [1.54, 1.807) is 26.3 Å². The predicted molar refractivity (Wildman–Crippen MR) is 214 cm³/mol. The molecule has 0 radical (unpaired) electrons. The van der Waals surface area contributed by atoms with Gasteiger partial charge in [0.05, 0.1) is 53.6 Å². The zero-order valence-electron chi connectivity index (χ0n) is 30.4. The third-order valence-electron chi connectivity index (χ3n) is 10.7. The van der Waals surface area contributed by atoms with Crippen molar-refractivity contribution in [1.29, 1.82) is 0 Å². The van der Waals surface area contributed by atoms with E-state index in [2.05, 4.69) is 102 Å². The maximum Gasteiger partial charge on any atom is 0.263 e. The normalized spacial score (nSPS) is 17.0. The molecule has 0 saturated carbocycles. The number of unbranched alkanes of at least 4 members (excludes halogenated alkanes) is 2. The Kier molecular flexibility index (Phi) is 8.44. The van der Waals surface area contributed by atoms with Crippen LogP contribution in [0.4, 0.5) is 5.95 Å². The van der Waals surface area contributed by atoms with Gasteiger partial charge in [0.15, 0.2) is 11.5 Å². The highest BCUT2D eigenvalue weighted by Crippen LogP contribution is 2.39. The average Bonchev–Trinajstić information content (AvgIpc) is 4.05. The molecule has 0 aliphatic carbocycles. The second kappa shape index (κ2) is 13.9. The number of rotatable bonds is 9. The van der Waals surface area contributed by atoms with Crippen molar-refractivity contribution in [3.05, 3.63) is 113 Å². The molecule has 3 atom stereocenters. The number of aryl methyl sites for hydroxylation is 1. The second-order valence-corrected chi connectivity index (χ2v) is 14.3. The number of nitrogens with one attached hydrogen (secondary N) is 1. The standard InChI is InChI=1S/C42H35N11O4/c43-42-45-40-39(41(56)46-42)27(20-51(40)36-18-33(55)34(23-54)57-36)6-3-1-2-4-9-28-21-53(49-47-28)35-17-14-29(19-44-35)52-22-32(48-50-52)30-15-12-26-11-10-24-7-5-8-25-13-16-31(30)38(26)37(24)25/h5,7-8,10-17,19-22,33-34,36,54-55H,1-2,4,9,18,23H2,(H3,43,45,46,56)/t33-,34+,36+/m0/s1. The van der Waals surface area contributed by atoms with Gasteiger partial charge >= 0.3 is 0 Å². The molecule has 282 valence electrons. The summed E-state index contributed by atoms with van der Waals surface area (Å²) in [6.07, 6.45) is 8.21. The summed E-state index contributed by atoms with van der Waals surface area (Å²) < 4.78 is 10.8. The lowest BCUT2D eigenvalue weighted by Gasteiger charge is -2.14. The third kappa shape index (κ3) is 6.12. The number of aliphatic hydroxyl groups is 2. The average molecular weight is 758 g/mol. The molecule has 57 heavy (non-hydrogen) atoms. The van der Waals surface area contributed by atoms with E-state index in [9.17, 15) is 15.0 Å². The minimum Gasteiger partial charge on any atom is -0.394 e. The lowest BCUT2D eigenvalue weighted by Crippen LogP contribution is -2.24. The van der Waals surface area contributed by atoms with Crippen molar-refractivity contribution in [1.82, 2.24) is 49.5 Å². The van der Waals surface area contributed by atoms with Gasteiger partial charge in [-0.2, -0.15) is 4.98 Å². The number of anilines is 1. The first kappa shape index (κ1) is 34.5. The van der Waals surface area contributed by atoms with Gasteiger partial charge in [0.2, 0.25) is 5.95 Å². The number of hydrogen-bond donors (Lipinski definition) is 4. The van der Waals surface area contributed by atoms with Gasteiger partial charge in [-0.15, -0.1) is 10.2 Å². The van der Waals surface area contributed by atoms with Gasteiger partial charge in [-0.25, -0.2) is 14.3 Å². The molecular weight excluding hydrogens is 723 g/mol. The number of pyridine rings is 1. The lowest BCUT2D eigenvalue weighted by molar-refractivity contribution is -0.0430. The van der Waals surface area contributed by atoms with Crippen LogP contribution in [0.15, 0.2) is 96.3 Å². The molecule has 6 heterocycles. The summed E-state index contributed by atoms with van der Waals surface area (Å²) in [5.41, 5.74) is 9.63. The van der Waals surface area contributed by atoms with Gasteiger partial charge in [0.1, 0.15) is 18.0 Å². The van der Waals surface area contributed by atoms with Crippen molar-refractivity contribution in [3.63, 3.8) is 0 Å². The van der Waals surface area contributed by atoms with Crippen molar-refractivity contribution < 1.29 is 14.9 Å². The van der Waals surface area contributed by atoms with E-state index in [0.717, 1.165) is 40.9 Å². The largest absolute Gasteiger partial charge is 0.394 e. The third-order valence-corrected chi connectivity index (χ3v) is 10.7. The van der Waals surface area contributed by atoms with Crippen LogP contribution in [0.1, 0.15) is 43.2 Å². The smallest absolute Gasteiger partial charge is 0.263 e. The van der Waals surface area contributed by atoms with E-state index in [1.165, 1.54) is 26.9 Å². The monoisotopic (exact) mass is 757 g/mol. The Balaban J connectivity index is 0.785. The minimum absolute atomic E-state index is 0.0361. The van der Waals surface area contributed by atoms with E-state index < -0.39 is 24.0 Å². The van der Waals surface area contributed by atoms with Crippen molar-refractivity contribution in [2.24, 2.45) is 0 Å². The van der Waals surface area contributed by atoms with Crippen molar-refractivity contribution in [2.75, 3.05) is 12.3 Å². The number of H-pyrrole nitrogens is 1. The number of nitrogens with two attached hydrogens (primary N) is 1. The molecule has 0 amide bonds. The number of aromatic amines is 1. The SMILES string of the molecule is Nc1nc2c(c(C#CCCCCc3cn(-c4ccc(-n5cc(-c6ccc7ccc8cccc9ccc6c7c89)nn5)cn4)nn3)cn2[C@H]2C[C@H](O)[C@@H](CO)O2)c(=O)[nH]1. The van der Waals surface area contributed by atoms with Gasteiger partial charge < -0.3 is 25.3 Å². The number of nitrogens with zero attached hydrogens (tertiary/aromatic N) is 9. The zero-order valence-corrected chi connectivity index (χ0v) is 30.4. The lowest BCUT2D eigenvalue weighted by atomic mass is 9.91. The molecule has 0 bridgehead atoms. The van der Waals surface area contributed by atoms with Crippen LogP contribution < -0.4 is 11.3 Å². The summed E-state index contributed by atoms with van der Waals surface area (Å²) in [6.45, 7) is -0.322. The number of aliphatic hydroxyl groups excluding tert-OH is 2. The quantitative estimate of drug-likeness (QED) is 0.0893. The first-order chi connectivity index (χ1) is 27.9. The van der Waals surface area contributed by atoms with Crippen LogP contribution in [0.2, 0.25) is 0 Å². The van der Waals surface area contributed by atoms with Gasteiger partial charge in [0, 0.05) is 24.6 Å². The van der Waals surface area contributed by atoms with Gasteiger partial charge in [-0.05, 0) is 63.7 Å². The molecule has 1 aliphatic heterocycles. The van der Waals surface area contributed by atoms with Crippen LogP contribution in [-0.2, 0) is 11.2 Å². The number of nitrogen functional groups attached to an aromatic ring is 1. The first-order valence-corrected chi connectivity index (χ1v) is 18.7. The maximum absolute atomic E-state index is 12.8. The van der Waals surface area contributed by atoms with Crippen molar-refractivity contribution in [3.8, 4) is 34.6 Å². The second-order valence-electron chi connectivity index (χ2n) is 14.3. The van der Waals surface area contributed by atoms with Crippen LogP contribution in [0, 0.1) is 11.8 Å². The fourth-order valence-corrected chi connectivity index (χ4v) is 7.86. The Morgan fingerprint density at radius 2 is 1.70 bits per heavy atom. The van der Waals surface area contributed by atoms with E-state index in [4.69, 9.17) is 10.5 Å². The number of ether oxygens (including phenoxy) is 1. The van der Waals surface area contributed by atoms with E-state index in [1.807, 2.05) is 24.5 Å². The van der Waals surface area contributed by atoms with E-state index in [-0.39, 0.29) is 19.0 Å². The van der Waals surface area contributed by atoms with Crippen LogP contribution in [0.3, 0.4) is 0 Å². The van der Waals surface area contributed by atoms with Crippen LogP contribution >= 0.6 is 0 Å². The Labute approximate surface area is 323 Å². The number of aromatic nitrogens is 10. The number of fused-ring (bicyclic) bond motifs is 1. The molecule has 15 heteroatoms. The molecular formula is C42H35N11O4. The summed E-state index contributed by atoms with van der Waals surface area (Å²) in [5, 5.41) is 45.0. The van der Waals surface area contributed by atoms with E-state index in [0.29, 0.717) is 35.3 Å². The topological polar surface area (TPSA) is 201 Å². The van der Waals surface area contributed by atoms with Gasteiger partial charge in [-0.1, -0.05) is 76.9 Å². The molecule has 0 unspecified atom stereocenters. The fraction of sp³-hybridized carbons (Fsp3) is 0.214. The summed E-state index contributed by atoms with van der Waals surface area (Å²) >= 11 is 0. The highest BCUT2D eigenvalue weighted by atomic mass is 16.5. The molecule has 5 aromatic heterocycles. The van der Waals surface area contributed by atoms with Crippen molar-refractivity contribution in [2.45, 2.75) is 50.5 Å². The molecule has 9 aromatic rings. The minimum atomic E-state index is -0.845. The highest BCUT2D eigenvalue weighted by molar-refractivity contribution is 6.25. The molecule has 4 aromatic carbocycles. The number of benzene rings is 4. The Morgan fingerprint density at radius 1 is 0.895 bits per heavy atom. The van der Waals surface area contributed by atoms with Crippen LogP contribution in [0.25, 0.3) is 66.1 Å². The molecule has 5 N–H and O–H groups in total. The van der Waals surface area contributed by atoms with Crippen molar-refractivity contribution >= 4 is 49.3 Å². The molecule has 0 spiro atoms. The summed E-state index contributed by atoms with van der Waals surface area (Å²) in [4.78, 5) is 24.3. The summed E-state index contributed by atoms with van der Waals surface area (Å²) in [5.74, 6) is 6.86. The molecule has 15 nitrogen and oxygen atoms in total. The van der Waals surface area contributed by atoms with Gasteiger partial charge in [0.25, 0.3) is 5.56 Å². The van der Waals surface area contributed by atoms with E-state index >= 15 is 0 Å². The van der Waals surface area contributed by atoms with Crippen LogP contribution in [0.5, 0.6) is 0 Å². The van der Waals surface area contributed by atoms with Crippen LogP contribution in [-0.4, -0.2) is 78.5 Å². The number of hydrogen-bond acceptors (Lipinski definition) is 11. The van der Waals surface area contributed by atoms with Gasteiger partial charge in [-0.3, -0.25) is 9.78 Å². The molecule has 10 rings (SSSR count). The Morgan fingerprint density at radius 3 is 2.51 bits per heavy atom. The Hall–Kier alpha value is -6.99. The Bertz CT molecular complexity index is 3050. The predicted octanol–water partition coefficient (Wildman–Crippen LogP) is 4.83. The summed E-state index contributed by atoms with van der Waals surface area (Å²) in [6, 6.07) is 23.2. The zero-order chi connectivity index (χ0) is 38.6. The fourth-order valence-electron chi connectivity index (χ4n) is 7.86. The summed E-state index contributed by atoms with van der Waals surface area (Å²) in [7, 11) is 0. The molecule has 1 aliphatic rings. The maximum atomic E-state index is 12.8. The highest BCUT2D eigenvalue weighted by Gasteiger charge is 2.35. The molecule has 1 fully saturated rings.